The van der Waals surface area contributed by atoms with E-state index in [2.05, 4.69) is 56.1 Å². The Morgan fingerprint density at radius 3 is 1.22 bits per heavy atom. The summed E-state index contributed by atoms with van der Waals surface area (Å²) in [6, 6.07) is 0.665. The normalized spacial score (nSPS) is 44.0. The summed E-state index contributed by atoms with van der Waals surface area (Å²) < 4.78 is 128. The van der Waals surface area contributed by atoms with Gasteiger partial charge in [0.25, 0.3) is 0 Å². The Bertz CT molecular complexity index is 3370. The Balaban J connectivity index is 0.00000878. The van der Waals surface area contributed by atoms with Gasteiger partial charge in [-0.2, -0.15) is 0 Å². The Morgan fingerprint density at radius 1 is 0.440 bits per heavy atom. The molecule has 726 valence electrons. The monoisotopic (exact) mass is 1890 g/mol. The zero-order chi connectivity index (χ0) is 92.5. The van der Waals surface area contributed by atoms with Gasteiger partial charge in [0.1, 0.15) is 216 Å². The van der Waals surface area contributed by atoms with Gasteiger partial charge in [-0.05, 0) is 58.3 Å². The molecular weight excluding hydrogens is 1770 g/mol. The molecule has 0 aromatic carbocycles. The average Bonchev–Trinajstić information content (AvgIpc) is 1.05. The van der Waals surface area contributed by atoms with Crippen LogP contribution in [0.2, 0.25) is 51.9 Å². The molecular formula is C69H125N4O48PSi3. The van der Waals surface area contributed by atoms with Gasteiger partial charge in [-0.25, -0.2) is 4.68 Å². The molecule has 43 atom stereocenters. The first-order valence-electron chi connectivity index (χ1n) is 40.5. The Kier molecular flexibility index (Phi) is 39.6. The highest BCUT2D eigenvalue weighted by Gasteiger charge is 2.59. The molecule has 26 N–H and O–H groups in total. The molecule has 9 fully saturated rings. The van der Waals surface area contributed by atoms with Crippen LogP contribution in [0.15, 0.2) is 6.20 Å². The second kappa shape index (κ2) is 46.6. The third-order valence-electron chi connectivity index (χ3n) is 21.8. The zero-order valence-electron chi connectivity index (χ0n) is 69.4. The summed E-state index contributed by atoms with van der Waals surface area (Å²) >= 11 is 0. The Morgan fingerprint density at radius 2 is 0.792 bits per heavy atom. The molecule has 10 rings (SSSR count). The predicted octanol–water partition coefficient (Wildman–Crippen LogP) is -15.0. The fraction of sp³-hybridized carbons (Fsp3) is 0.957. The lowest BCUT2D eigenvalue weighted by atomic mass is 9.95. The van der Waals surface area contributed by atoms with E-state index in [9.17, 15) is 138 Å². The van der Waals surface area contributed by atoms with Crippen molar-refractivity contribution >= 4 is 40.2 Å². The summed E-state index contributed by atoms with van der Waals surface area (Å²) in [6.07, 6.45) is -85.4. The van der Waals surface area contributed by atoms with E-state index in [0.717, 1.165) is 11.8 Å². The first kappa shape index (κ1) is 106. The van der Waals surface area contributed by atoms with Crippen LogP contribution in [0, 0.1) is 0 Å². The van der Waals surface area contributed by atoms with E-state index in [4.69, 9.17) is 98.1 Å². The lowest BCUT2D eigenvalue weighted by Gasteiger charge is -2.50. The number of amides is 1. The minimum absolute atomic E-state index is 0.0730. The van der Waals surface area contributed by atoms with Crippen molar-refractivity contribution in [3.63, 3.8) is 0 Å². The van der Waals surface area contributed by atoms with Crippen molar-refractivity contribution in [1.82, 2.24) is 19.9 Å². The highest BCUT2D eigenvalue weighted by Crippen LogP contribution is 2.39. The molecule has 125 heavy (non-hydrogen) atoms. The molecule has 0 radical (unpaired) electrons. The number of rotatable bonds is 37. The molecule has 0 aliphatic carbocycles. The van der Waals surface area contributed by atoms with Crippen molar-refractivity contribution < 1.29 is 236 Å². The van der Waals surface area contributed by atoms with E-state index in [1.165, 1.54) is 10.9 Å². The summed E-state index contributed by atoms with van der Waals surface area (Å²) in [5, 5.41) is 297. The summed E-state index contributed by atoms with van der Waals surface area (Å²) in [4.78, 5) is 14.4. The lowest BCUT2D eigenvalue weighted by molar-refractivity contribution is -0.396. The average molecular weight is 1890 g/mol. The minimum atomic E-state index is -2.56. The van der Waals surface area contributed by atoms with E-state index in [-0.39, 0.29) is 25.5 Å². The number of aliphatic hydroxyl groups excluding tert-OH is 26. The van der Waals surface area contributed by atoms with Gasteiger partial charge in [-0.1, -0.05) is 5.21 Å². The molecule has 9 aliphatic heterocycles. The standard InChI is InChI=1S/C69H124N4O47Si3.HOP/c1-25(77)73(13-26-12-72(71-70-26)14-27(78)18-101-10-9-11-123(8,119-121(2,3)4)120-122(5,6)7)61-49(94)46(91)56(33(17-76)108-61)114-66-54(99)47(92)58(36(112-66)24-107-69-60(39(84)30(81)21-104-69)118-64-52(97)44(89)41(86)32(16-75)110-64)116-67-55(100)48(93)57(115-65-53(98)45(90)42(87)34(111-65)22-105-62-50(95)37(82)28(79)19-102-62)35(113-67)23-106-68-59(38(83)29(80)20-103-68)117-63-51(96)43(88)40(85)31(15-74)109-63;1-2/h12,27-69,74-76,78-100H,9-11,13-24H2,1-8H3;2H/t27?,28-,29+,30-,31?,32?,33+,34?,35+,36?,37+,38?,39+,40+,41+,42-,43+,44+,45+,46?,47-,48?,49?,50?,51?,52?,53?,54?,55?,56-,57-,58-,59?,60?,61-,62-,63+,64+,65+,66+,67+,68+,69-;/m1./s1. The molecule has 0 spiro atoms. The van der Waals surface area contributed by atoms with Gasteiger partial charge in [-0.15, -0.1) is 5.10 Å². The van der Waals surface area contributed by atoms with Gasteiger partial charge >= 0.3 is 8.56 Å². The van der Waals surface area contributed by atoms with Crippen molar-refractivity contribution in [3.05, 3.63) is 11.9 Å². The van der Waals surface area contributed by atoms with Gasteiger partial charge in [0.05, 0.1) is 91.5 Å². The SMILES string of the molecule is CC(=O)N(Cc1cn(CC(O)COCCC[Si](C)(O[Si](C)(C)C)O[Si](C)(C)C)nn1)[C@@H]1O[C@@H](CO)[C@@H](O[C@@H]2OC(CO[C@H]3OC[C@@H](O)[C@H](O)C3O[C@@H]3OC(CO)[C@H](O)[C@H](O)C3O)[C@@H](O[C@@H]3O[C@@H](CO[C@@H]4OC[C@H](O)C(O)C4O[C@@H]4OC(CO)[C@H](O)[C@H](O)C4O)[C@@H](O[C@@H]4OC(CO[C@H]5OC[C@@H](O)[C@H](O)C5O)[C@@H](O)[C@H](O)C4O)C(O)C3O)[C@H](O)C2O)C(O)C1O.O=P. The van der Waals surface area contributed by atoms with Gasteiger partial charge in [-0.3, -0.25) is 9.36 Å². The molecule has 1 aromatic rings. The fourth-order valence-corrected chi connectivity index (χ4v) is 28.0. The van der Waals surface area contributed by atoms with E-state index in [1.807, 2.05) is 0 Å². The van der Waals surface area contributed by atoms with Crippen LogP contribution in [-0.2, 0) is 116 Å². The highest BCUT2D eigenvalue weighted by atomic mass is 31.0. The highest BCUT2D eigenvalue weighted by molar-refractivity contribution is 7.00. The van der Waals surface area contributed by atoms with Crippen molar-refractivity contribution in [2.45, 2.75) is 342 Å². The number of hydrogen-bond donors (Lipinski definition) is 26. The second-order valence-corrected chi connectivity index (χ2v) is 46.8. The number of aromatic nitrogens is 3. The predicted molar refractivity (Wildman–Crippen MR) is 409 cm³/mol. The largest absolute Gasteiger partial charge is 0.437 e. The van der Waals surface area contributed by atoms with Crippen molar-refractivity contribution in [2.24, 2.45) is 0 Å². The van der Waals surface area contributed by atoms with Crippen molar-refractivity contribution in [1.29, 1.82) is 0 Å². The number of nitrogens with zero attached hydrogens (tertiary/aromatic N) is 4. The lowest BCUT2D eigenvalue weighted by Crippen LogP contribution is -2.68. The Hall–Kier alpha value is -2.48. The van der Waals surface area contributed by atoms with Gasteiger partial charge in [0, 0.05) is 13.5 Å². The molecule has 1 aromatic heterocycles. The van der Waals surface area contributed by atoms with Crippen molar-refractivity contribution in [2.75, 3.05) is 72.7 Å². The number of ether oxygens (including phenoxy) is 18. The van der Waals surface area contributed by atoms with Crippen LogP contribution in [0.5, 0.6) is 0 Å². The van der Waals surface area contributed by atoms with Crippen LogP contribution in [0.1, 0.15) is 19.0 Å². The van der Waals surface area contributed by atoms with Crippen LogP contribution in [0.25, 0.3) is 0 Å². The first-order valence-corrected chi connectivity index (χ1v) is 50.3. The molecule has 52 nitrogen and oxygen atoms in total. The van der Waals surface area contributed by atoms with Gasteiger partial charge in [0.15, 0.2) is 73.2 Å². The number of aliphatic hydroxyl groups is 26. The van der Waals surface area contributed by atoms with E-state index in [0.29, 0.717) is 12.5 Å². The van der Waals surface area contributed by atoms with E-state index < -0.39 is 361 Å². The van der Waals surface area contributed by atoms with Crippen LogP contribution < -0.4 is 0 Å². The third-order valence-corrected chi connectivity index (χ3v) is 31.4. The third kappa shape index (κ3) is 26.6. The summed E-state index contributed by atoms with van der Waals surface area (Å²) in [5.74, 6) is -0.788. The molecule has 9 saturated heterocycles. The number of hydrogen-bond acceptors (Lipinski definition) is 50. The molecule has 1 amide bonds. The minimum Gasteiger partial charge on any atom is -0.437 e. The second-order valence-electron chi connectivity index (χ2n) is 33.9. The number of carbonyl (C=O) groups is 1. The summed E-state index contributed by atoms with van der Waals surface area (Å²) in [7, 11) is -4.76. The van der Waals surface area contributed by atoms with E-state index in [1.54, 1.807) is 9.12 Å². The topological polar surface area (TPSA) is 779 Å². The molecule has 17 unspecified atom stereocenters. The molecule has 0 saturated carbocycles. The maximum Gasteiger partial charge on any atom is 0.314 e. The molecule has 10 heterocycles. The molecule has 9 aliphatic rings. The van der Waals surface area contributed by atoms with Crippen LogP contribution >= 0.6 is 9.12 Å². The summed E-state index contributed by atoms with van der Waals surface area (Å²) in [5.41, 5.74) is 0.0730. The Labute approximate surface area is 720 Å². The molecule has 0 bridgehead atoms. The quantitative estimate of drug-likeness (QED) is 0.0167. The first-order chi connectivity index (χ1) is 58.8. The maximum atomic E-state index is 13.5. The van der Waals surface area contributed by atoms with E-state index >= 15 is 0 Å². The maximum absolute atomic E-state index is 13.5. The fourth-order valence-electron chi connectivity index (χ4n) is 15.5. The van der Waals surface area contributed by atoms with Crippen molar-refractivity contribution in [3.8, 4) is 0 Å². The van der Waals surface area contributed by atoms with Crippen LogP contribution in [0.3, 0.4) is 0 Å². The van der Waals surface area contributed by atoms with Gasteiger partial charge < -0.3 is 231 Å². The smallest absolute Gasteiger partial charge is 0.314 e. The number of carbonyl (C=O) groups excluding carboxylic acids is 1. The molecule has 56 heteroatoms. The van der Waals surface area contributed by atoms with Gasteiger partial charge in [0.2, 0.25) is 5.91 Å². The van der Waals surface area contributed by atoms with Crippen LogP contribution in [-0.4, -0.2) is 521 Å². The zero-order valence-corrected chi connectivity index (χ0v) is 73.4. The van der Waals surface area contributed by atoms with Crippen LogP contribution in [0.4, 0.5) is 0 Å². The summed E-state index contributed by atoms with van der Waals surface area (Å²) in [6.45, 7) is 7.15.